The fourth-order valence-electron chi connectivity index (χ4n) is 4.29. The van der Waals surface area contributed by atoms with Gasteiger partial charge in [0.05, 0.1) is 18.7 Å². The van der Waals surface area contributed by atoms with Gasteiger partial charge < -0.3 is 10.1 Å². The van der Waals surface area contributed by atoms with E-state index in [2.05, 4.69) is 46.4 Å². The van der Waals surface area contributed by atoms with Crippen molar-refractivity contribution in [1.82, 2.24) is 15.2 Å². The number of carbonyl (C=O) groups is 1. The van der Waals surface area contributed by atoms with Crippen molar-refractivity contribution in [3.63, 3.8) is 0 Å². The first kappa shape index (κ1) is 22.3. The standard InChI is InChI=1S/C26H26ClN3O2S/c1-2-17-3-5-18(6-4-17)23-21-16-29-22-8-7-19(27)15-20(22)24(21)33-25(23)26(31)28-9-10-30-11-13-32-14-12-30/h3-8,15-16H,2,9-14H2,1H3,(H,28,31). The van der Waals surface area contributed by atoms with E-state index in [-0.39, 0.29) is 5.91 Å². The first-order chi connectivity index (χ1) is 16.1. The number of hydrogen-bond acceptors (Lipinski definition) is 5. The van der Waals surface area contributed by atoms with Crippen LogP contribution in [0.15, 0.2) is 48.7 Å². The summed E-state index contributed by atoms with van der Waals surface area (Å²) in [6.07, 6.45) is 2.86. The summed E-state index contributed by atoms with van der Waals surface area (Å²) in [5.41, 5.74) is 4.11. The number of nitrogens with one attached hydrogen (secondary N) is 1. The van der Waals surface area contributed by atoms with Crippen LogP contribution in [0.3, 0.4) is 0 Å². The molecule has 0 aliphatic carbocycles. The highest BCUT2D eigenvalue weighted by molar-refractivity contribution is 7.22. The average Bonchev–Trinajstić information content (AvgIpc) is 3.25. The molecule has 7 heteroatoms. The second-order valence-corrected chi connectivity index (χ2v) is 9.69. The zero-order valence-electron chi connectivity index (χ0n) is 18.6. The maximum Gasteiger partial charge on any atom is 0.262 e. The Balaban J connectivity index is 1.54. The lowest BCUT2D eigenvalue weighted by Gasteiger charge is -2.26. The second-order valence-electron chi connectivity index (χ2n) is 8.23. The van der Waals surface area contributed by atoms with Crippen molar-refractivity contribution in [3.8, 4) is 11.1 Å². The van der Waals surface area contributed by atoms with E-state index in [1.54, 1.807) is 0 Å². The largest absolute Gasteiger partial charge is 0.379 e. The van der Waals surface area contributed by atoms with E-state index in [0.717, 1.165) is 71.4 Å². The predicted octanol–water partition coefficient (Wildman–Crippen LogP) is 5.39. The van der Waals surface area contributed by atoms with Gasteiger partial charge in [0.2, 0.25) is 0 Å². The fraction of sp³-hybridized carbons (Fsp3) is 0.308. The molecule has 1 aliphatic rings. The van der Waals surface area contributed by atoms with Crippen LogP contribution in [0, 0.1) is 0 Å². The van der Waals surface area contributed by atoms with Crippen LogP contribution in [-0.2, 0) is 11.2 Å². The number of morpholine rings is 1. The Kier molecular flexibility index (Phi) is 6.60. The lowest BCUT2D eigenvalue weighted by Crippen LogP contribution is -2.41. The van der Waals surface area contributed by atoms with Crippen molar-refractivity contribution in [2.24, 2.45) is 0 Å². The van der Waals surface area contributed by atoms with E-state index >= 15 is 0 Å². The zero-order valence-corrected chi connectivity index (χ0v) is 20.1. The van der Waals surface area contributed by atoms with Crippen LogP contribution < -0.4 is 5.32 Å². The fourth-order valence-corrected chi connectivity index (χ4v) is 5.70. The molecule has 0 saturated carbocycles. The third kappa shape index (κ3) is 4.62. The molecule has 2 aromatic carbocycles. The smallest absolute Gasteiger partial charge is 0.262 e. The maximum absolute atomic E-state index is 13.4. The van der Waals surface area contributed by atoms with Crippen LogP contribution in [0.25, 0.3) is 32.1 Å². The predicted molar refractivity (Wildman–Crippen MR) is 137 cm³/mol. The van der Waals surface area contributed by atoms with Gasteiger partial charge in [0, 0.05) is 58.4 Å². The summed E-state index contributed by atoms with van der Waals surface area (Å²) in [6.45, 7) is 6.89. The summed E-state index contributed by atoms with van der Waals surface area (Å²) < 4.78 is 6.45. The number of carbonyl (C=O) groups excluding carboxylic acids is 1. The van der Waals surface area contributed by atoms with E-state index in [9.17, 15) is 4.79 Å². The number of thiophene rings is 1. The minimum absolute atomic E-state index is 0.0470. The van der Waals surface area contributed by atoms with Crippen LogP contribution in [0.2, 0.25) is 5.02 Å². The van der Waals surface area contributed by atoms with Crippen molar-refractivity contribution in [2.75, 3.05) is 39.4 Å². The molecule has 1 fully saturated rings. The molecule has 3 heterocycles. The van der Waals surface area contributed by atoms with Gasteiger partial charge in [-0.3, -0.25) is 14.7 Å². The number of ether oxygens (including phenoxy) is 1. The van der Waals surface area contributed by atoms with Crippen molar-refractivity contribution < 1.29 is 9.53 Å². The SMILES string of the molecule is CCc1ccc(-c2c(C(=O)NCCN3CCOCC3)sc3c2cnc2ccc(Cl)cc23)cc1. The number of hydrogen-bond donors (Lipinski definition) is 1. The van der Waals surface area contributed by atoms with Crippen LogP contribution in [0.5, 0.6) is 0 Å². The number of pyridine rings is 1. The Bertz CT molecular complexity index is 1300. The van der Waals surface area contributed by atoms with E-state index < -0.39 is 0 Å². The van der Waals surface area contributed by atoms with E-state index in [0.29, 0.717) is 16.4 Å². The number of amides is 1. The Morgan fingerprint density at radius 3 is 2.70 bits per heavy atom. The molecule has 1 amide bonds. The summed E-state index contributed by atoms with van der Waals surface area (Å²) in [6, 6.07) is 14.2. The molecule has 5 nitrogen and oxygen atoms in total. The summed E-state index contributed by atoms with van der Waals surface area (Å²) in [4.78, 5) is 21.1. The number of halogens is 1. The lowest BCUT2D eigenvalue weighted by molar-refractivity contribution is 0.0383. The molecule has 2 aromatic heterocycles. The number of fused-ring (bicyclic) bond motifs is 3. The third-order valence-electron chi connectivity index (χ3n) is 6.16. The quantitative estimate of drug-likeness (QED) is 0.402. The first-order valence-corrected chi connectivity index (χ1v) is 12.5. The van der Waals surface area contributed by atoms with Gasteiger partial charge >= 0.3 is 0 Å². The highest BCUT2D eigenvalue weighted by Gasteiger charge is 2.22. The van der Waals surface area contributed by atoms with Gasteiger partial charge in [-0.25, -0.2) is 0 Å². The average molecular weight is 480 g/mol. The summed E-state index contributed by atoms with van der Waals surface area (Å²) >= 11 is 7.82. The van der Waals surface area contributed by atoms with Crippen LogP contribution in [0.1, 0.15) is 22.2 Å². The number of nitrogens with zero attached hydrogens (tertiary/aromatic N) is 2. The monoisotopic (exact) mass is 479 g/mol. The van der Waals surface area contributed by atoms with Crippen LogP contribution in [0.4, 0.5) is 0 Å². The minimum atomic E-state index is -0.0470. The molecule has 5 rings (SSSR count). The molecule has 0 radical (unpaired) electrons. The van der Waals surface area contributed by atoms with Gasteiger partial charge in [-0.05, 0) is 35.7 Å². The van der Waals surface area contributed by atoms with Crippen molar-refractivity contribution >= 4 is 49.8 Å². The second kappa shape index (κ2) is 9.77. The minimum Gasteiger partial charge on any atom is -0.379 e. The highest BCUT2D eigenvalue weighted by Crippen LogP contribution is 2.42. The Labute approximate surface area is 202 Å². The molecule has 1 N–H and O–H groups in total. The van der Waals surface area contributed by atoms with E-state index in [4.69, 9.17) is 16.3 Å². The molecule has 1 aliphatic heterocycles. The molecule has 0 unspecified atom stereocenters. The Morgan fingerprint density at radius 2 is 1.94 bits per heavy atom. The normalized spacial score (nSPS) is 14.7. The van der Waals surface area contributed by atoms with Gasteiger partial charge in [-0.1, -0.05) is 42.8 Å². The zero-order chi connectivity index (χ0) is 22.8. The molecule has 0 spiro atoms. The molecule has 170 valence electrons. The molecule has 4 aromatic rings. The molecule has 0 atom stereocenters. The van der Waals surface area contributed by atoms with Gasteiger partial charge in [-0.15, -0.1) is 11.3 Å². The van der Waals surface area contributed by atoms with Gasteiger partial charge in [0.15, 0.2) is 0 Å². The van der Waals surface area contributed by atoms with E-state index in [1.165, 1.54) is 16.9 Å². The summed E-state index contributed by atoms with van der Waals surface area (Å²) in [7, 11) is 0. The molecular formula is C26H26ClN3O2S. The van der Waals surface area contributed by atoms with Crippen LogP contribution in [-0.4, -0.2) is 55.2 Å². The van der Waals surface area contributed by atoms with Crippen molar-refractivity contribution in [2.45, 2.75) is 13.3 Å². The number of benzene rings is 2. The topological polar surface area (TPSA) is 54.5 Å². The molecular weight excluding hydrogens is 454 g/mol. The Hall–Kier alpha value is -2.51. The molecule has 0 bridgehead atoms. The van der Waals surface area contributed by atoms with E-state index in [1.807, 2.05) is 24.4 Å². The highest BCUT2D eigenvalue weighted by atomic mass is 35.5. The van der Waals surface area contributed by atoms with Crippen LogP contribution >= 0.6 is 22.9 Å². The summed E-state index contributed by atoms with van der Waals surface area (Å²) in [5.74, 6) is -0.0470. The third-order valence-corrected chi connectivity index (χ3v) is 7.63. The summed E-state index contributed by atoms with van der Waals surface area (Å²) in [5, 5.41) is 5.76. The number of aryl methyl sites for hydroxylation is 1. The molecule has 1 saturated heterocycles. The number of rotatable bonds is 6. The lowest BCUT2D eigenvalue weighted by atomic mass is 10.00. The Morgan fingerprint density at radius 1 is 1.15 bits per heavy atom. The van der Waals surface area contributed by atoms with Crippen molar-refractivity contribution in [1.29, 1.82) is 0 Å². The van der Waals surface area contributed by atoms with Gasteiger partial charge in [0.25, 0.3) is 5.91 Å². The number of aromatic nitrogens is 1. The van der Waals surface area contributed by atoms with Gasteiger partial charge in [0.1, 0.15) is 4.88 Å². The van der Waals surface area contributed by atoms with Gasteiger partial charge in [-0.2, -0.15) is 0 Å². The first-order valence-electron chi connectivity index (χ1n) is 11.3. The molecule has 33 heavy (non-hydrogen) atoms. The van der Waals surface area contributed by atoms with Crippen molar-refractivity contribution in [3.05, 3.63) is 64.1 Å². The maximum atomic E-state index is 13.4.